The molecular formula is C25H23F5N4O. The largest absolute Gasteiger partial charge is 0.416 e. The first kappa shape index (κ1) is 23.4. The molecule has 1 aliphatic heterocycles. The maximum Gasteiger partial charge on any atom is 0.416 e. The summed E-state index contributed by atoms with van der Waals surface area (Å²) in [4.78, 5) is 14.6. The Balaban J connectivity index is 1.56. The molecule has 2 aromatic carbocycles. The van der Waals surface area contributed by atoms with Gasteiger partial charge < -0.3 is 4.90 Å². The normalized spacial score (nSPS) is 22.0. The summed E-state index contributed by atoms with van der Waals surface area (Å²) in [5, 5.41) is 7.69. The maximum absolute atomic E-state index is 13.8. The summed E-state index contributed by atoms with van der Waals surface area (Å²) in [5.74, 6) is -0.101. The molecular weight excluding hydrogens is 467 g/mol. The van der Waals surface area contributed by atoms with Gasteiger partial charge in [0.1, 0.15) is 12.2 Å². The molecule has 0 saturated heterocycles. The summed E-state index contributed by atoms with van der Waals surface area (Å²) < 4.78 is 69.3. The quantitative estimate of drug-likeness (QED) is 0.404. The first-order chi connectivity index (χ1) is 16.5. The maximum atomic E-state index is 13.8. The molecule has 0 bridgehead atoms. The van der Waals surface area contributed by atoms with Crippen LogP contribution in [-0.4, -0.2) is 20.7 Å². The number of anilines is 1. The van der Waals surface area contributed by atoms with Gasteiger partial charge in [0.2, 0.25) is 0 Å². The van der Waals surface area contributed by atoms with E-state index in [2.05, 4.69) is 10.2 Å². The minimum absolute atomic E-state index is 0.0467. The standard InChI is InChI=1S/C25H23F5N4O/c1-3-15-7-18-19(20(8-15)25(28,29)30)12-33(21(18)35)17-6-4-5-16(9-17)24(10-14(2)11-24)22-32-31-13-34(22)23(26)27/h4-9,13-14,23H,3,10-12H2,1-2H3. The highest BCUT2D eigenvalue weighted by molar-refractivity contribution is 6.10. The average molecular weight is 490 g/mol. The van der Waals surface area contributed by atoms with Crippen molar-refractivity contribution in [2.24, 2.45) is 5.92 Å². The fourth-order valence-corrected chi connectivity index (χ4v) is 5.51. The van der Waals surface area contributed by atoms with Gasteiger partial charge in [0, 0.05) is 11.3 Å². The van der Waals surface area contributed by atoms with Crippen molar-refractivity contribution in [1.82, 2.24) is 14.8 Å². The van der Waals surface area contributed by atoms with E-state index in [1.54, 1.807) is 31.2 Å². The Morgan fingerprint density at radius 2 is 1.91 bits per heavy atom. The number of hydrogen-bond donors (Lipinski definition) is 0. The van der Waals surface area contributed by atoms with Gasteiger partial charge in [0.05, 0.1) is 17.5 Å². The molecule has 0 spiro atoms. The minimum Gasteiger partial charge on any atom is -0.304 e. The highest BCUT2D eigenvalue weighted by Crippen LogP contribution is 2.52. The molecule has 1 fully saturated rings. The van der Waals surface area contributed by atoms with Gasteiger partial charge >= 0.3 is 12.7 Å². The van der Waals surface area contributed by atoms with Crippen LogP contribution in [0.3, 0.4) is 0 Å². The third-order valence-electron chi connectivity index (χ3n) is 7.13. The second-order valence-corrected chi connectivity index (χ2v) is 9.40. The Morgan fingerprint density at radius 1 is 1.17 bits per heavy atom. The average Bonchev–Trinajstić information content (AvgIpc) is 3.41. The number of nitrogens with zero attached hydrogens (tertiary/aromatic N) is 4. The van der Waals surface area contributed by atoms with E-state index in [1.807, 2.05) is 6.92 Å². The molecule has 0 atom stereocenters. The predicted molar refractivity (Wildman–Crippen MR) is 118 cm³/mol. The van der Waals surface area contributed by atoms with Crippen molar-refractivity contribution in [3.05, 3.63) is 76.4 Å². The molecule has 1 aliphatic carbocycles. The van der Waals surface area contributed by atoms with E-state index >= 15 is 0 Å². The van der Waals surface area contributed by atoms with Crippen molar-refractivity contribution in [2.75, 3.05) is 4.90 Å². The number of halogens is 5. The van der Waals surface area contributed by atoms with Crippen molar-refractivity contribution in [2.45, 2.75) is 57.8 Å². The third-order valence-corrected chi connectivity index (χ3v) is 7.13. The minimum atomic E-state index is -4.58. The van der Waals surface area contributed by atoms with Crippen LogP contribution in [-0.2, 0) is 24.6 Å². The fraction of sp³-hybridized carbons (Fsp3) is 0.400. The highest BCUT2D eigenvalue weighted by atomic mass is 19.4. The molecule has 1 aromatic heterocycles. The Morgan fingerprint density at radius 3 is 2.54 bits per heavy atom. The van der Waals surface area contributed by atoms with Gasteiger partial charge in [-0.1, -0.05) is 26.0 Å². The second kappa shape index (κ2) is 8.13. The van der Waals surface area contributed by atoms with Gasteiger partial charge in [-0.2, -0.15) is 22.0 Å². The van der Waals surface area contributed by atoms with E-state index in [4.69, 9.17) is 0 Å². The molecule has 10 heteroatoms. The molecule has 1 saturated carbocycles. The van der Waals surface area contributed by atoms with Crippen LogP contribution in [0.2, 0.25) is 0 Å². The summed E-state index contributed by atoms with van der Waals surface area (Å²) in [5.41, 5.74) is -0.0817. The lowest BCUT2D eigenvalue weighted by atomic mass is 9.58. The van der Waals surface area contributed by atoms with Crippen molar-refractivity contribution >= 4 is 11.6 Å². The second-order valence-electron chi connectivity index (χ2n) is 9.40. The van der Waals surface area contributed by atoms with E-state index in [0.29, 0.717) is 36.1 Å². The lowest BCUT2D eigenvalue weighted by molar-refractivity contribution is -0.138. The number of alkyl halides is 5. The molecule has 0 unspecified atom stereocenters. The monoisotopic (exact) mass is 490 g/mol. The Bertz CT molecular complexity index is 1290. The lowest BCUT2D eigenvalue weighted by Crippen LogP contribution is -2.43. The van der Waals surface area contributed by atoms with E-state index in [1.165, 1.54) is 11.0 Å². The van der Waals surface area contributed by atoms with Crippen molar-refractivity contribution < 1.29 is 26.7 Å². The number of aryl methyl sites for hydroxylation is 1. The zero-order valence-corrected chi connectivity index (χ0v) is 19.1. The lowest BCUT2D eigenvalue weighted by Gasteiger charge is -2.46. The summed E-state index contributed by atoms with van der Waals surface area (Å²) in [6.45, 7) is 0.724. The van der Waals surface area contributed by atoms with Crippen LogP contribution in [0.4, 0.5) is 27.6 Å². The number of benzene rings is 2. The molecule has 5 rings (SSSR count). The van der Waals surface area contributed by atoms with Crippen molar-refractivity contribution in [1.29, 1.82) is 0 Å². The van der Waals surface area contributed by atoms with Crippen molar-refractivity contribution in [3.8, 4) is 0 Å². The zero-order valence-electron chi connectivity index (χ0n) is 19.1. The number of fused-ring (bicyclic) bond motifs is 1. The Hall–Kier alpha value is -3.30. The molecule has 184 valence electrons. The van der Waals surface area contributed by atoms with Gasteiger partial charge in [-0.3, -0.25) is 9.36 Å². The molecule has 35 heavy (non-hydrogen) atoms. The van der Waals surface area contributed by atoms with Crippen LogP contribution in [0.15, 0.2) is 42.7 Å². The SMILES string of the molecule is CCc1cc2c(c(C(F)(F)F)c1)CN(c1cccc(C3(c4nncn4C(F)F)CC(C)C3)c1)C2=O. The Labute approximate surface area is 198 Å². The summed E-state index contributed by atoms with van der Waals surface area (Å²) in [6.07, 6.45) is -2.09. The zero-order chi connectivity index (χ0) is 25.1. The number of rotatable bonds is 5. The first-order valence-corrected chi connectivity index (χ1v) is 11.4. The van der Waals surface area contributed by atoms with Gasteiger partial charge in [0.15, 0.2) is 0 Å². The van der Waals surface area contributed by atoms with Crippen molar-refractivity contribution in [3.63, 3.8) is 0 Å². The van der Waals surface area contributed by atoms with E-state index < -0.39 is 29.6 Å². The number of aromatic nitrogens is 3. The van der Waals surface area contributed by atoms with Crippen LogP contribution < -0.4 is 4.90 Å². The topological polar surface area (TPSA) is 51.0 Å². The molecule has 3 aromatic rings. The van der Waals surface area contributed by atoms with Gasteiger partial charge in [-0.25, -0.2) is 0 Å². The molecule has 0 N–H and O–H groups in total. The Kier molecular flexibility index (Phi) is 5.45. The molecule has 1 amide bonds. The van der Waals surface area contributed by atoms with Crippen LogP contribution >= 0.6 is 0 Å². The highest BCUT2D eigenvalue weighted by Gasteiger charge is 2.49. The van der Waals surface area contributed by atoms with Gasteiger partial charge in [-0.15, -0.1) is 10.2 Å². The molecule has 0 radical (unpaired) electrons. The summed E-state index contributed by atoms with van der Waals surface area (Å²) in [6, 6.07) is 9.45. The fourth-order valence-electron chi connectivity index (χ4n) is 5.51. The van der Waals surface area contributed by atoms with Gasteiger partial charge in [0.25, 0.3) is 5.91 Å². The summed E-state index contributed by atoms with van der Waals surface area (Å²) >= 11 is 0. The number of amides is 1. The molecule has 2 heterocycles. The third kappa shape index (κ3) is 3.70. The van der Waals surface area contributed by atoms with E-state index in [-0.39, 0.29) is 29.4 Å². The summed E-state index contributed by atoms with van der Waals surface area (Å²) in [7, 11) is 0. The van der Waals surface area contributed by atoms with Crippen LogP contribution in [0.5, 0.6) is 0 Å². The number of carbonyl (C=O) groups is 1. The first-order valence-electron chi connectivity index (χ1n) is 11.4. The molecule has 5 nitrogen and oxygen atoms in total. The predicted octanol–water partition coefficient (Wildman–Crippen LogP) is 6.13. The smallest absolute Gasteiger partial charge is 0.304 e. The van der Waals surface area contributed by atoms with Crippen LogP contribution in [0.25, 0.3) is 0 Å². The van der Waals surface area contributed by atoms with Crippen LogP contribution in [0, 0.1) is 5.92 Å². The number of carbonyl (C=O) groups excluding carboxylic acids is 1. The van der Waals surface area contributed by atoms with E-state index in [0.717, 1.165) is 17.0 Å². The molecule has 2 aliphatic rings. The number of hydrogen-bond acceptors (Lipinski definition) is 3. The van der Waals surface area contributed by atoms with E-state index in [9.17, 15) is 26.7 Å². The van der Waals surface area contributed by atoms with Gasteiger partial charge in [-0.05, 0) is 66.1 Å². The van der Waals surface area contributed by atoms with Crippen LogP contribution in [0.1, 0.15) is 71.7 Å².